The second kappa shape index (κ2) is 8.20. The molecule has 0 atom stereocenters. The Morgan fingerprint density at radius 2 is 2.16 bits per heavy atom. The van der Waals surface area contributed by atoms with E-state index in [1.807, 2.05) is 6.92 Å². The van der Waals surface area contributed by atoms with Crippen molar-refractivity contribution in [3.63, 3.8) is 0 Å². The number of hydrogen-bond acceptors (Lipinski definition) is 5. The molecule has 0 aliphatic carbocycles. The van der Waals surface area contributed by atoms with E-state index in [4.69, 9.17) is 0 Å². The molecule has 1 heterocycles. The van der Waals surface area contributed by atoms with E-state index in [1.165, 1.54) is 13.3 Å². The lowest BCUT2D eigenvalue weighted by Crippen LogP contribution is -2.27. The lowest BCUT2D eigenvalue weighted by molar-refractivity contribution is -0.120. The summed E-state index contributed by atoms with van der Waals surface area (Å²) in [6.07, 6.45) is 1.92. The quantitative estimate of drug-likeness (QED) is 0.554. The van der Waals surface area contributed by atoms with Crippen molar-refractivity contribution in [2.24, 2.45) is 0 Å². The van der Waals surface area contributed by atoms with E-state index in [2.05, 4.69) is 20.4 Å². The normalized spacial score (nSPS) is 10.0. The number of carbonyl (C=O) groups is 2. The van der Waals surface area contributed by atoms with Crippen LogP contribution in [-0.4, -0.2) is 37.1 Å². The summed E-state index contributed by atoms with van der Waals surface area (Å²) < 4.78 is 4.58. The van der Waals surface area contributed by atoms with Gasteiger partial charge < -0.3 is 15.4 Å². The zero-order valence-electron chi connectivity index (χ0n) is 11.2. The number of esters is 1. The van der Waals surface area contributed by atoms with Crippen LogP contribution in [0.15, 0.2) is 18.3 Å². The first-order chi connectivity index (χ1) is 9.17. The van der Waals surface area contributed by atoms with Gasteiger partial charge in [0.2, 0.25) is 5.91 Å². The predicted molar refractivity (Wildman–Crippen MR) is 70.6 cm³/mol. The van der Waals surface area contributed by atoms with E-state index in [1.54, 1.807) is 12.1 Å². The Kier molecular flexibility index (Phi) is 6.52. The van der Waals surface area contributed by atoms with Crippen molar-refractivity contribution in [2.75, 3.05) is 20.2 Å². The molecule has 6 heteroatoms. The van der Waals surface area contributed by atoms with Gasteiger partial charge in [0.1, 0.15) is 0 Å². The van der Waals surface area contributed by atoms with Gasteiger partial charge in [-0.05, 0) is 19.1 Å². The van der Waals surface area contributed by atoms with E-state index >= 15 is 0 Å². The van der Waals surface area contributed by atoms with Gasteiger partial charge in [-0.2, -0.15) is 0 Å². The SMILES string of the molecule is CCNC(=O)CCNCc1ccc(C(=O)OC)cn1. The van der Waals surface area contributed by atoms with Crippen molar-refractivity contribution >= 4 is 11.9 Å². The molecule has 0 unspecified atom stereocenters. The minimum Gasteiger partial charge on any atom is -0.465 e. The molecule has 6 nitrogen and oxygen atoms in total. The Balaban J connectivity index is 2.30. The van der Waals surface area contributed by atoms with Gasteiger partial charge in [-0.25, -0.2) is 4.79 Å². The molecular formula is C13H19N3O3. The van der Waals surface area contributed by atoms with Gasteiger partial charge in [0.05, 0.1) is 18.4 Å². The molecule has 19 heavy (non-hydrogen) atoms. The third-order valence-corrected chi connectivity index (χ3v) is 2.45. The predicted octanol–water partition coefficient (Wildman–Crippen LogP) is 0.484. The number of methoxy groups -OCH3 is 1. The van der Waals surface area contributed by atoms with Crippen molar-refractivity contribution in [1.82, 2.24) is 15.6 Å². The minimum atomic E-state index is -0.400. The Bertz CT molecular complexity index is 418. The number of pyridine rings is 1. The molecule has 0 bridgehead atoms. The molecule has 1 amide bonds. The second-order valence-corrected chi connectivity index (χ2v) is 3.91. The highest BCUT2D eigenvalue weighted by Gasteiger charge is 2.05. The highest BCUT2D eigenvalue weighted by atomic mass is 16.5. The maximum absolute atomic E-state index is 11.2. The summed E-state index contributed by atoms with van der Waals surface area (Å²) in [4.78, 5) is 26.5. The molecule has 104 valence electrons. The van der Waals surface area contributed by atoms with Crippen LogP contribution in [0.1, 0.15) is 29.4 Å². The van der Waals surface area contributed by atoms with E-state index in [0.29, 0.717) is 31.6 Å². The van der Waals surface area contributed by atoms with Crippen LogP contribution in [-0.2, 0) is 16.1 Å². The van der Waals surface area contributed by atoms with Gasteiger partial charge in [-0.15, -0.1) is 0 Å². The van der Waals surface area contributed by atoms with E-state index in [-0.39, 0.29) is 5.91 Å². The summed E-state index contributed by atoms with van der Waals surface area (Å²) in [6, 6.07) is 3.42. The largest absolute Gasteiger partial charge is 0.465 e. The van der Waals surface area contributed by atoms with Gasteiger partial charge >= 0.3 is 5.97 Å². The maximum atomic E-state index is 11.2. The Morgan fingerprint density at radius 3 is 2.74 bits per heavy atom. The number of carbonyl (C=O) groups excluding carboxylic acids is 2. The average Bonchev–Trinajstić information content (AvgIpc) is 2.44. The van der Waals surface area contributed by atoms with Crippen LogP contribution in [0.4, 0.5) is 0 Å². The fourth-order valence-corrected chi connectivity index (χ4v) is 1.47. The van der Waals surface area contributed by atoms with Gasteiger partial charge in [0, 0.05) is 32.3 Å². The van der Waals surface area contributed by atoms with Crippen molar-refractivity contribution in [1.29, 1.82) is 0 Å². The smallest absolute Gasteiger partial charge is 0.339 e. The van der Waals surface area contributed by atoms with E-state index < -0.39 is 5.97 Å². The number of nitrogens with zero attached hydrogens (tertiary/aromatic N) is 1. The highest BCUT2D eigenvalue weighted by molar-refractivity contribution is 5.88. The molecule has 0 aromatic carbocycles. The number of hydrogen-bond donors (Lipinski definition) is 2. The monoisotopic (exact) mass is 265 g/mol. The van der Waals surface area contributed by atoms with Crippen LogP contribution in [0.2, 0.25) is 0 Å². The van der Waals surface area contributed by atoms with Crippen molar-refractivity contribution in [3.8, 4) is 0 Å². The molecule has 2 N–H and O–H groups in total. The molecule has 0 aliphatic rings. The summed E-state index contributed by atoms with van der Waals surface area (Å²) in [5.41, 5.74) is 1.23. The number of nitrogens with one attached hydrogen (secondary N) is 2. The molecule has 0 saturated carbocycles. The Labute approximate surface area is 112 Å². The maximum Gasteiger partial charge on any atom is 0.339 e. The summed E-state index contributed by atoms with van der Waals surface area (Å²) in [6.45, 7) is 3.68. The van der Waals surface area contributed by atoms with Crippen LogP contribution in [0.25, 0.3) is 0 Å². The zero-order chi connectivity index (χ0) is 14.1. The lowest BCUT2D eigenvalue weighted by atomic mass is 10.2. The topological polar surface area (TPSA) is 80.3 Å². The zero-order valence-corrected chi connectivity index (χ0v) is 11.2. The summed E-state index contributed by atoms with van der Waals surface area (Å²) >= 11 is 0. The van der Waals surface area contributed by atoms with Gasteiger partial charge in [-0.3, -0.25) is 9.78 Å². The van der Waals surface area contributed by atoms with Crippen LogP contribution >= 0.6 is 0 Å². The van der Waals surface area contributed by atoms with Gasteiger partial charge in [0.25, 0.3) is 0 Å². The molecule has 0 aliphatic heterocycles. The van der Waals surface area contributed by atoms with Crippen LogP contribution in [0.5, 0.6) is 0 Å². The molecule has 0 spiro atoms. The first-order valence-electron chi connectivity index (χ1n) is 6.18. The number of ether oxygens (including phenoxy) is 1. The fourth-order valence-electron chi connectivity index (χ4n) is 1.47. The minimum absolute atomic E-state index is 0.0315. The Hall–Kier alpha value is -1.95. The van der Waals surface area contributed by atoms with Crippen LogP contribution in [0.3, 0.4) is 0 Å². The second-order valence-electron chi connectivity index (χ2n) is 3.91. The summed E-state index contributed by atoms with van der Waals surface area (Å²) in [5.74, 6) is -0.368. The molecule has 1 rings (SSSR count). The summed E-state index contributed by atoms with van der Waals surface area (Å²) in [5, 5.41) is 5.84. The fraction of sp³-hybridized carbons (Fsp3) is 0.462. The molecule has 0 fully saturated rings. The van der Waals surface area contributed by atoms with Crippen molar-refractivity contribution < 1.29 is 14.3 Å². The summed E-state index contributed by atoms with van der Waals surface area (Å²) in [7, 11) is 1.33. The van der Waals surface area contributed by atoms with Gasteiger partial charge in [0.15, 0.2) is 0 Å². The molecular weight excluding hydrogens is 246 g/mol. The van der Waals surface area contributed by atoms with Crippen molar-refractivity contribution in [3.05, 3.63) is 29.6 Å². The third kappa shape index (κ3) is 5.48. The average molecular weight is 265 g/mol. The lowest BCUT2D eigenvalue weighted by Gasteiger charge is -2.05. The van der Waals surface area contributed by atoms with E-state index in [0.717, 1.165) is 5.69 Å². The van der Waals surface area contributed by atoms with Gasteiger partial charge in [-0.1, -0.05) is 0 Å². The number of rotatable bonds is 7. The molecule has 0 saturated heterocycles. The first kappa shape index (κ1) is 15.1. The Morgan fingerprint density at radius 1 is 1.37 bits per heavy atom. The van der Waals surface area contributed by atoms with Crippen molar-refractivity contribution in [2.45, 2.75) is 19.9 Å². The van der Waals surface area contributed by atoms with Crippen LogP contribution < -0.4 is 10.6 Å². The first-order valence-corrected chi connectivity index (χ1v) is 6.18. The molecule has 0 radical (unpaired) electrons. The molecule has 1 aromatic rings. The standard InChI is InChI=1S/C13H19N3O3/c1-3-15-12(17)6-7-14-9-11-5-4-10(8-16-11)13(18)19-2/h4-5,8,14H,3,6-7,9H2,1-2H3,(H,15,17). The molecule has 1 aromatic heterocycles. The highest BCUT2D eigenvalue weighted by Crippen LogP contribution is 2.01. The number of amides is 1. The van der Waals surface area contributed by atoms with E-state index in [9.17, 15) is 9.59 Å². The van der Waals surface area contributed by atoms with Crippen LogP contribution in [0, 0.1) is 0 Å². The number of aromatic nitrogens is 1. The third-order valence-electron chi connectivity index (χ3n) is 2.45.